The van der Waals surface area contributed by atoms with E-state index in [0.717, 1.165) is 36.7 Å². The molecule has 0 aliphatic carbocycles. The molecule has 2 aromatic carbocycles. The van der Waals surface area contributed by atoms with E-state index in [2.05, 4.69) is 11.8 Å². The highest BCUT2D eigenvalue weighted by molar-refractivity contribution is 6.30. The predicted molar refractivity (Wildman–Crippen MR) is 112 cm³/mol. The van der Waals surface area contributed by atoms with Crippen molar-refractivity contribution in [1.29, 1.82) is 0 Å². The summed E-state index contributed by atoms with van der Waals surface area (Å²) in [6.45, 7) is 6.63. The fourth-order valence-corrected chi connectivity index (χ4v) is 3.66. The quantitative estimate of drug-likeness (QED) is 0.665. The summed E-state index contributed by atoms with van der Waals surface area (Å²) in [5, 5.41) is 0.690. The summed E-state index contributed by atoms with van der Waals surface area (Å²) in [5.74, 6) is 0.571. The molecule has 1 amide bonds. The molecule has 0 aromatic heterocycles. The van der Waals surface area contributed by atoms with Gasteiger partial charge < -0.3 is 9.80 Å². The third kappa shape index (κ3) is 6.32. The molecule has 0 atom stereocenters. The highest BCUT2D eigenvalue weighted by Gasteiger charge is 2.19. The van der Waals surface area contributed by atoms with Gasteiger partial charge in [-0.25, -0.2) is 4.39 Å². The molecular formula is C23H28ClFN2O. The normalized spacial score (nSPS) is 15.5. The van der Waals surface area contributed by atoms with E-state index in [0.29, 0.717) is 18.1 Å². The van der Waals surface area contributed by atoms with Crippen LogP contribution in [0, 0.1) is 11.7 Å². The molecule has 28 heavy (non-hydrogen) atoms. The van der Waals surface area contributed by atoms with Crippen LogP contribution in [0.3, 0.4) is 0 Å². The molecule has 0 bridgehead atoms. The van der Waals surface area contributed by atoms with Crippen LogP contribution < -0.4 is 0 Å². The molecule has 0 spiro atoms. The Morgan fingerprint density at radius 1 is 1.07 bits per heavy atom. The SMILES string of the molecule is CC1CCN(CCN(Cc2ccc(Cl)cc2)C(=O)Cc2ccc(F)cc2)CC1. The minimum atomic E-state index is -0.284. The second-order valence-electron chi connectivity index (χ2n) is 7.77. The van der Waals surface area contributed by atoms with Gasteiger partial charge in [-0.1, -0.05) is 42.8 Å². The van der Waals surface area contributed by atoms with E-state index in [1.165, 1.54) is 25.0 Å². The molecule has 0 N–H and O–H groups in total. The van der Waals surface area contributed by atoms with Gasteiger partial charge in [0, 0.05) is 24.7 Å². The molecule has 2 aromatic rings. The lowest BCUT2D eigenvalue weighted by Gasteiger charge is -2.32. The Hall–Kier alpha value is -1.91. The van der Waals surface area contributed by atoms with Crippen LogP contribution in [0.4, 0.5) is 4.39 Å². The van der Waals surface area contributed by atoms with Crippen molar-refractivity contribution in [3.63, 3.8) is 0 Å². The average molecular weight is 403 g/mol. The lowest BCUT2D eigenvalue weighted by atomic mass is 9.99. The number of hydrogen-bond acceptors (Lipinski definition) is 2. The summed E-state index contributed by atoms with van der Waals surface area (Å²) in [4.78, 5) is 17.3. The number of rotatable bonds is 7. The minimum absolute atomic E-state index is 0.0620. The van der Waals surface area contributed by atoms with Crippen molar-refractivity contribution in [2.45, 2.75) is 32.7 Å². The van der Waals surface area contributed by atoms with Crippen molar-refractivity contribution in [1.82, 2.24) is 9.80 Å². The number of piperidine rings is 1. The van der Waals surface area contributed by atoms with Crippen molar-refractivity contribution >= 4 is 17.5 Å². The summed E-state index contributed by atoms with van der Waals surface area (Å²) in [7, 11) is 0. The maximum absolute atomic E-state index is 13.1. The van der Waals surface area contributed by atoms with Gasteiger partial charge in [0.1, 0.15) is 5.82 Å². The lowest BCUT2D eigenvalue weighted by Crippen LogP contribution is -2.41. The molecule has 3 rings (SSSR count). The zero-order chi connectivity index (χ0) is 19.9. The molecular weight excluding hydrogens is 375 g/mol. The van der Waals surface area contributed by atoms with Gasteiger partial charge in [0.05, 0.1) is 6.42 Å². The number of carbonyl (C=O) groups excluding carboxylic acids is 1. The van der Waals surface area contributed by atoms with Gasteiger partial charge in [-0.05, 0) is 67.2 Å². The van der Waals surface area contributed by atoms with Crippen LogP contribution in [-0.2, 0) is 17.8 Å². The van der Waals surface area contributed by atoms with Gasteiger partial charge in [0.15, 0.2) is 0 Å². The summed E-state index contributed by atoms with van der Waals surface area (Å²) in [6.07, 6.45) is 2.73. The first-order chi connectivity index (χ1) is 13.5. The Labute approximate surface area is 172 Å². The molecule has 1 aliphatic heterocycles. The standard InChI is InChI=1S/C23H28ClFN2O/c1-18-10-12-26(13-11-18)14-15-27(17-20-2-6-21(24)7-3-20)23(28)16-19-4-8-22(25)9-5-19/h2-9,18H,10-17H2,1H3. The van der Waals surface area contributed by atoms with Gasteiger partial charge in [-0.2, -0.15) is 0 Å². The van der Waals surface area contributed by atoms with E-state index in [-0.39, 0.29) is 18.1 Å². The molecule has 1 heterocycles. The van der Waals surface area contributed by atoms with Gasteiger partial charge in [0.2, 0.25) is 5.91 Å². The zero-order valence-corrected chi connectivity index (χ0v) is 17.2. The molecule has 1 saturated heterocycles. The molecule has 0 radical (unpaired) electrons. The van der Waals surface area contributed by atoms with Crippen LogP contribution in [0.5, 0.6) is 0 Å². The zero-order valence-electron chi connectivity index (χ0n) is 16.4. The van der Waals surface area contributed by atoms with Crippen molar-refractivity contribution in [3.8, 4) is 0 Å². The maximum Gasteiger partial charge on any atom is 0.227 e. The topological polar surface area (TPSA) is 23.6 Å². The Morgan fingerprint density at radius 2 is 1.68 bits per heavy atom. The number of benzene rings is 2. The first-order valence-corrected chi connectivity index (χ1v) is 10.4. The predicted octanol–water partition coefficient (Wildman–Crippen LogP) is 4.78. The molecule has 150 valence electrons. The minimum Gasteiger partial charge on any atom is -0.337 e. The van der Waals surface area contributed by atoms with Crippen LogP contribution in [0.2, 0.25) is 5.02 Å². The van der Waals surface area contributed by atoms with E-state index in [4.69, 9.17) is 11.6 Å². The van der Waals surface area contributed by atoms with E-state index in [1.807, 2.05) is 29.2 Å². The monoisotopic (exact) mass is 402 g/mol. The van der Waals surface area contributed by atoms with Crippen LogP contribution >= 0.6 is 11.6 Å². The Morgan fingerprint density at radius 3 is 2.32 bits per heavy atom. The van der Waals surface area contributed by atoms with Gasteiger partial charge in [0.25, 0.3) is 0 Å². The fourth-order valence-electron chi connectivity index (χ4n) is 3.54. The molecule has 1 aliphatic rings. The second-order valence-corrected chi connectivity index (χ2v) is 8.21. The third-order valence-electron chi connectivity index (χ3n) is 5.47. The summed E-state index contributed by atoms with van der Waals surface area (Å²) >= 11 is 5.99. The second kappa shape index (κ2) is 10.0. The first kappa shape index (κ1) is 20.8. The average Bonchev–Trinajstić information content (AvgIpc) is 2.69. The van der Waals surface area contributed by atoms with Gasteiger partial charge >= 0.3 is 0 Å². The Kier molecular flexibility index (Phi) is 7.46. The first-order valence-electron chi connectivity index (χ1n) is 9.98. The molecule has 0 saturated carbocycles. The van der Waals surface area contributed by atoms with Crippen molar-refractivity contribution in [2.24, 2.45) is 5.92 Å². The van der Waals surface area contributed by atoms with Crippen molar-refractivity contribution in [3.05, 3.63) is 70.5 Å². The Bertz CT molecular complexity index is 755. The van der Waals surface area contributed by atoms with Crippen LogP contribution in [0.25, 0.3) is 0 Å². The van der Waals surface area contributed by atoms with E-state index in [9.17, 15) is 9.18 Å². The fraction of sp³-hybridized carbons (Fsp3) is 0.435. The number of hydrogen-bond donors (Lipinski definition) is 0. The number of amides is 1. The van der Waals surface area contributed by atoms with Crippen LogP contribution in [0.1, 0.15) is 30.9 Å². The van der Waals surface area contributed by atoms with Crippen LogP contribution in [-0.4, -0.2) is 41.9 Å². The van der Waals surface area contributed by atoms with Crippen molar-refractivity contribution < 1.29 is 9.18 Å². The highest BCUT2D eigenvalue weighted by atomic mass is 35.5. The molecule has 1 fully saturated rings. The van der Waals surface area contributed by atoms with Gasteiger partial charge in [-0.3, -0.25) is 4.79 Å². The number of likely N-dealkylation sites (tertiary alicyclic amines) is 1. The highest BCUT2D eigenvalue weighted by Crippen LogP contribution is 2.17. The lowest BCUT2D eigenvalue weighted by molar-refractivity contribution is -0.131. The largest absolute Gasteiger partial charge is 0.337 e. The number of nitrogens with zero attached hydrogens (tertiary/aromatic N) is 2. The molecule has 3 nitrogen and oxygen atoms in total. The van der Waals surface area contributed by atoms with E-state index < -0.39 is 0 Å². The molecule has 0 unspecified atom stereocenters. The Balaban J connectivity index is 1.64. The smallest absolute Gasteiger partial charge is 0.227 e. The summed E-state index contributed by atoms with van der Waals surface area (Å²) in [6, 6.07) is 13.8. The van der Waals surface area contributed by atoms with Crippen molar-refractivity contribution in [2.75, 3.05) is 26.2 Å². The van der Waals surface area contributed by atoms with E-state index >= 15 is 0 Å². The van der Waals surface area contributed by atoms with Gasteiger partial charge in [-0.15, -0.1) is 0 Å². The summed E-state index contributed by atoms with van der Waals surface area (Å²) in [5.41, 5.74) is 1.89. The third-order valence-corrected chi connectivity index (χ3v) is 5.72. The van der Waals surface area contributed by atoms with Crippen LogP contribution in [0.15, 0.2) is 48.5 Å². The summed E-state index contributed by atoms with van der Waals surface area (Å²) < 4.78 is 13.1. The number of carbonyl (C=O) groups is 1. The molecule has 5 heteroatoms. The maximum atomic E-state index is 13.1. The number of halogens is 2. The van der Waals surface area contributed by atoms with E-state index in [1.54, 1.807) is 12.1 Å².